The van der Waals surface area contributed by atoms with Crippen LogP contribution in [-0.4, -0.2) is 29.9 Å². The van der Waals surface area contributed by atoms with E-state index in [-0.39, 0.29) is 33.4 Å². The predicted molar refractivity (Wildman–Crippen MR) is 128 cm³/mol. The number of hydrogen-bond donors (Lipinski definition) is 0. The van der Waals surface area contributed by atoms with Crippen molar-refractivity contribution in [2.75, 3.05) is 0 Å². The summed E-state index contributed by atoms with van der Waals surface area (Å²) >= 11 is 5.37. The fourth-order valence-corrected chi connectivity index (χ4v) is 5.86. The monoisotopic (exact) mass is 609 g/mol. The standard InChI is InChI=1S/C22H13ClF5N3O3SSe/c23-16-5-1-14(2-6-16)20-13-36-22(29-21(32)15-3-7-18(8-4-15)31(33)34)30(20)17-9-11-19(12-10-17)35(24,25,26,27)28/h1-13H. The number of benzene rings is 3. The van der Waals surface area contributed by atoms with Crippen molar-refractivity contribution in [3.05, 3.63) is 103 Å². The van der Waals surface area contributed by atoms with Crippen LogP contribution in [0.15, 0.2) is 87.6 Å². The summed E-state index contributed by atoms with van der Waals surface area (Å²) in [7, 11) is -9.88. The number of carbonyl (C=O) groups excluding carboxylic acids is 1. The Balaban J connectivity index is 1.86. The second-order valence-electron chi connectivity index (χ2n) is 7.43. The third kappa shape index (κ3) is 5.59. The first-order valence-electron chi connectivity index (χ1n) is 9.77. The minimum absolute atomic E-state index is 0.0556. The van der Waals surface area contributed by atoms with Crippen molar-refractivity contribution in [1.82, 2.24) is 4.57 Å². The summed E-state index contributed by atoms with van der Waals surface area (Å²) in [5, 5.41) is 11.3. The van der Waals surface area contributed by atoms with E-state index in [1.165, 1.54) is 16.7 Å². The molecule has 14 heteroatoms. The van der Waals surface area contributed by atoms with E-state index in [1.54, 1.807) is 29.2 Å². The van der Waals surface area contributed by atoms with Crippen LogP contribution in [0.4, 0.5) is 25.1 Å². The average Bonchev–Trinajstić information content (AvgIpc) is 3.21. The normalized spacial score (nSPS) is 14.2. The molecule has 4 aromatic rings. The molecule has 0 atom stereocenters. The van der Waals surface area contributed by atoms with Gasteiger partial charge in [0, 0.05) is 0 Å². The number of non-ortho nitro benzene ring substituents is 1. The van der Waals surface area contributed by atoms with Gasteiger partial charge in [-0.1, -0.05) is 0 Å². The van der Waals surface area contributed by atoms with Crippen LogP contribution >= 0.6 is 21.8 Å². The summed E-state index contributed by atoms with van der Waals surface area (Å²) in [5.74, 6) is -0.735. The number of halogens is 6. The maximum atomic E-state index is 13.2. The fraction of sp³-hybridized carbons (Fsp3) is 0. The Bertz CT molecular complexity index is 1550. The summed E-state index contributed by atoms with van der Waals surface area (Å²) < 4.78 is 67.6. The van der Waals surface area contributed by atoms with E-state index in [0.29, 0.717) is 16.3 Å². The molecule has 0 bridgehead atoms. The van der Waals surface area contributed by atoms with E-state index in [1.807, 2.05) is 0 Å². The first kappa shape index (κ1) is 25.8. The van der Waals surface area contributed by atoms with Crippen molar-refractivity contribution >= 4 is 47.9 Å². The molecule has 0 aliphatic rings. The number of nitrogens with zero attached hydrogens (tertiary/aromatic N) is 3. The van der Waals surface area contributed by atoms with Crippen LogP contribution in [0, 0.1) is 10.1 Å². The van der Waals surface area contributed by atoms with Gasteiger partial charge in [-0.3, -0.25) is 0 Å². The molecule has 1 amide bonds. The van der Waals surface area contributed by atoms with Gasteiger partial charge >= 0.3 is 211 Å². The van der Waals surface area contributed by atoms with Gasteiger partial charge in [0.15, 0.2) is 0 Å². The molecular weight excluding hydrogens is 596 g/mol. The second-order valence-corrected chi connectivity index (χ2v) is 12.0. The van der Waals surface area contributed by atoms with Gasteiger partial charge in [-0.05, 0) is 0 Å². The Hall–Kier alpha value is -3.25. The Morgan fingerprint density at radius 2 is 1.50 bits per heavy atom. The van der Waals surface area contributed by atoms with Crippen molar-refractivity contribution in [1.29, 1.82) is 0 Å². The van der Waals surface area contributed by atoms with Crippen molar-refractivity contribution in [2.45, 2.75) is 4.90 Å². The van der Waals surface area contributed by atoms with Gasteiger partial charge in [0.05, 0.1) is 0 Å². The molecular formula is C22H13ClF5N3O3SSe. The van der Waals surface area contributed by atoms with Crippen LogP contribution < -0.4 is 4.36 Å². The van der Waals surface area contributed by atoms with Gasteiger partial charge in [-0.2, -0.15) is 0 Å². The molecule has 0 radical (unpaired) electrons. The van der Waals surface area contributed by atoms with Gasteiger partial charge < -0.3 is 0 Å². The van der Waals surface area contributed by atoms with Crippen LogP contribution in [0.2, 0.25) is 5.02 Å². The van der Waals surface area contributed by atoms with E-state index in [2.05, 4.69) is 4.99 Å². The number of hydrogen-bond acceptors (Lipinski definition) is 3. The molecule has 0 spiro atoms. The van der Waals surface area contributed by atoms with E-state index >= 15 is 0 Å². The zero-order chi connectivity index (χ0) is 26.4. The number of carbonyl (C=O) groups is 1. The number of amides is 1. The molecule has 0 N–H and O–H groups in total. The molecule has 1 aromatic heterocycles. The van der Waals surface area contributed by atoms with Crippen LogP contribution in [0.25, 0.3) is 16.9 Å². The third-order valence-corrected chi connectivity index (χ3v) is 8.06. The Kier molecular flexibility index (Phi) is 6.03. The molecule has 0 aliphatic carbocycles. The predicted octanol–water partition coefficient (Wildman–Crippen LogP) is 7.16. The summed E-state index contributed by atoms with van der Waals surface area (Å²) in [5.41, 5.74) is 0.992. The second kappa shape index (κ2) is 8.41. The number of nitro groups is 1. The molecule has 0 saturated heterocycles. The third-order valence-electron chi connectivity index (χ3n) is 4.91. The van der Waals surface area contributed by atoms with Crippen molar-refractivity contribution in [3.63, 3.8) is 0 Å². The molecule has 6 nitrogen and oxygen atoms in total. The SMILES string of the molecule is O=C(N=c1[se]cc(-c2ccc(Cl)cc2)n1-c1ccc(S(F)(F)(F)(F)F)cc1)c1ccc([N+](=O)[O-])cc1. The van der Waals surface area contributed by atoms with Crippen LogP contribution in [0.3, 0.4) is 0 Å². The Labute approximate surface area is 210 Å². The average molecular weight is 609 g/mol. The number of rotatable bonds is 5. The number of aromatic nitrogens is 1. The van der Waals surface area contributed by atoms with Crippen LogP contribution in [0.1, 0.15) is 10.4 Å². The topological polar surface area (TPSA) is 77.5 Å². The molecule has 0 unspecified atom stereocenters. The zero-order valence-electron chi connectivity index (χ0n) is 17.7. The van der Waals surface area contributed by atoms with Gasteiger partial charge in [0.25, 0.3) is 0 Å². The van der Waals surface area contributed by atoms with Crippen LogP contribution in [0.5, 0.6) is 0 Å². The van der Waals surface area contributed by atoms with Crippen molar-refractivity contribution in [3.8, 4) is 16.9 Å². The quantitative estimate of drug-likeness (QED) is 0.104. The van der Waals surface area contributed by atoms with E-state index < -0.39 is 40.5 Å². The Morgan fingerprint density at radius 1 is 0.917 bits per heavy atom. The van der Waals surface area contributed by atoms with E-state index in [4.69, 9.17) is 11.6 Å². The van der Waals surface area contributed by atoms with Crippen molar-refractivity contribution in [2.24, 2.45) is 4.99 Å². The zero-order valence-corrected chi connectivity index (χ0v) is 20.9. The van der Waals surface area contributed by atoms with Gasteiger partial charge in [0.1, 0.15) is 0 Å². The van der Waals surface area contributed by atoms with E-state index in [0.717, 1.165) is 24.3 Å². The summed E-state index contributed by atoms with van der Waals surface area (Å²) in [6, 6.07) is 13.6. The molecule has 0 aliphatic heterocycles. The first-order valence-corrected chi connectivity index (χ1v) is 13.9. The molecule has 3 aromatic carbocycles. The molecule has 0 saturated carbocycles. The van der Waals surface area contributed by atoms with Gasteiger partial charge in [-0.25, -0.2) is 0 Å². The summed E-state index contributed by atoms with van der Waals surface area (Å²) in [4.78, 5) is 26.8. The molecule has 36 heavy (non-hydrogen) atoms. The van der Waals surface area contributed by atoms with Gasteiger partial charge in [0.2, 0.25) is 0 Å². The van der Waals surface area contributed by atoms with Gasteiger partial charge in [-0.15, -0.1) is 0 Å². The molecule has 4 rings (SSSR count). The molecule has 0 fully saturated rings. The van der Waals surface area contributed by atoms with Crippen molar-refractivity contribution < 1.29 is 29.1 Å². The van der Waals surface area contributed by atoms with E-state index in [9.17, 15) is 34.3 Å². The van der Waals surface area contributed by atoms with Crippen LogP contribution in [-0.2, 0) is 0 Å². The first-order chi connectivity index (χ1) is 16.6. The molecule has 1 heterocycles. The Morgan fingerprint density at radius 3 is 2.03 bits per heavy atom. The maximum absolute atomic E-state index is 13.2. The summed E-state index contributed by atoms with van der Waals surface area (Å²) in [6.07, 6.45) is 0. The minimum atomic E-state index is -9.88. The molecule has 188 valence electrons. The number of nitro benzene ring substituents is 1. The summed E-state index contributed by atoms with van der Waals surface area (Å²) in [6.45, 7) is 0. The fourth-order valence-electron chi connectivity index (χ4n) is 3.19.